The summed E-state index contributed by atoms with van der Waals surface area (Å²) in [7, 11) is 0. The molecule has 1 N–H and O–H groups in total. The zero-order valence-corrected chi connectivity index (χ0v) is 13.4. The quantitative estimate of drug-likeness (QED) is 0.755. The van der Waals surface area contributed by atoms with Gasteiger partial charge < -0.3 is 10.1 Å². The average Bonchev–Trinajstić information content (AvgIpc) is 2.27. The minimum Gasteiger partial charge on any atom is -0.491 e. The highest BCUT2D eigenvalue weighted by atomic mass is 79.9. The molecule has 2 nitrogen and oxygen atoms in total. The minimum absolute atomic E-state index is 0.209. The van der Waals surface area contributed by atoms with Crippen LogP contribution in [-0.2, 0) is 6.54 Å². The van der Waals surface area contributed by atoms with Gasteiger partial charge in [0, 0.05) is 16.6 Å². The highest BCUT2D eigenvalue weighted by molar-refractivity contribution is 9.10. The SMILES string of the molecule is CC(C)CCNCc1cc(Br)ccc1OC(C)C. The number of hydrogen-bond acceptors (Lipinski definition) is 2. The van der Waals surface area contributed by atoms with Crippen molar-refractivity contribution in [1.29, 1.82) is 0 Å². The van der Waals surface area contributed by atoms with Crippen LogP contribution in [0.25, 0.3) is 0 Å². The first kappa shape index (κ1) is 15.5. The normalized spacial score (nSPS) is 11.3. The van der Waals surface area contributed by atoms with E-state index in [1.807, 2.05) is 12.1 Å². The third-order valence-electron chi connectivity index (χ3n) is 2.60. The van der Waals surface area contributed by atoms with Gasteiger partial charge >= 0.3 is 0 Å². The van der Waals surface area contributed by atoms with Crippen molar-refractivity contribution in [2.75, 3.05) is 6.54 Å². The molecule has 0 heterocycles. The summed E-state index contributed by atoms with van der Waals surface area (Å²) in [6, 6.07) is 6.18. The van der Waals surface area contributed by atoms with E-state index in [2.05, 4.69) is 55.0 Å². The molecule has 0 radical (unpaired) electrons. The van der Waals surface area contributed by atoms with Crippen molar-refractivity contribution in [3.63, 3.8) is 0 Å². The monoisotopic (exact) mass is 313 g/mol. The maximum atomic E-state index is 5.82. The summed E-state index contributed by atoms with van der Waals surface area (Å²) in [6.45, 7) is 10.5. The smallest absolute Gasteiger partial charge is 0.124 e. The fraction of sp³-hybridized carbons (Fsp3) is 0.600. The first-order chi connectivity index (χ1) is 8.49. The van der Waals surface area contributed by atoms with Crippen LogP contribution in [0.4, 0.5) is 0 Å². The van der Waals surface area contributed by atoms with E-state index in [0.29, 0.717) is 0 Å². The molecule has 1 aromatic rings. The molecule has 0 aliphatic heterocycles. The highest BCUT2D eigenvalue weighted by Gasteiger charge is 2.06. The van der Waals surface area contributed by atoms with Crippen LogP contribution in [0, 0.1) is 5.92 Å². The fourth-order valence-electron chi connectivity index (χ4n) is 1.67. The Morgan fingerprint density at radius 2 is 1.94 bits per heavy atom. The van der Waals surface area contributed by atoms with Crippen LogP contribution in [0.2, 0.25) is 0 Å². The Balaban J connectivity index is 2.58. The molecular weight excluding hydrogens is 290 g/mol. The molecule has 0 saturated heterocycles. The van der Waals surface area contributed by atoms with Crippen LogP contribution in [0.3, 0.4) is 0 Å². The van der Waals surface area contributed by atoms with Crippen molar-refractivity contribution >= 4 is 15.9 Å². The summed E-state index contributed by atoms with van der Waals surface area (Å²) in [6.07, 6.45) is 1.41. The first-order valence-corrected chi connectivity index (χ1v) is 7.44. The van der Waals surface area contributed by atoms with E-state index in [1.54, 1.807) is 0 Å². The lowest BCUT2D eigenvalue weighted by atomic mass is 10.1. The molecule has 102 valence electrons. The van der Waals surface area contributed by atoms with Crippen LogP contribution in [0.5, 0.6) is 5.75 Å². The Kier molecular flexibility index (Phi) is 6.72. The first-order valence-electron chi connectivity index (χ1n) is 6.65. The predicted molar refractivity (Wildman–Crippen MR) is 81.1 cm³/mol. The number of halogens is 1. The van der Waals surface area contributed by atoms with E-state index >= 15 is 0 Å². The molecule has 3 heteroatoms. The van der Waals surface area contributed by atoms with Gasteiger partial charge in [-0.05, 0) is 50.9 Å². The van der Waals surface area contributed by atoms with Crippen molar-refractivity contribution in [3.8, 4) is 5.75 Å². The topological polar surface area (TPSA) is 21.3 Å². The predicted octanol–water partition coefficient (Wildman–Crippen LogP) is 4.37. The van der Waals surface area contributed by atoms with Crippen molar-refractivity contribution < 1.29 is 4.74 Å². The minimum atomic E-state index is 0.209. The summed E-state index contributed by atoms with van der Waals surface area (Å²) < 4.78 is 6.91. The highest BCUT2D eigenvalue weighted by Crippen LogP contribution is 2.24. The van der Waals surface area contributed by atoms with Crippen LogP contribution in [0.1, 0.15) is 39.7 Å². The number of hydrogen-bond donors (Lipinski definition) is 1. The molecule has 0 unspecified atom stereocenters. The lowest BCUT2D eigenvalue weighted by Crippen LogP contribution is -2.17. The molecule has 0 aliphatic carbocycles. The van der Waals surface area contributed by atoms with Gasteiger partial charge in [-0.25, -0.2) is 0 Å². The number of ether oxygens (including phenoxy) is 1. The molecule has 0 aromatic heterocycles. The molecule has 0 aliphatic rings. The maximum Gasteiger partial charge on any atom is 0.124 e. The molecular formula is C15H24BrNO. The summed E-state index contributed by atoms with van der Waals surface area (Å²) in [5, 5.41) is 3.47. The maximum absolute atomic E-state index is 5.82. The Labute approximate surface area is 119 Å². The Morgan fingerprint density at radius 3 is 2.56 bits per heavy atom. The van der Waals surface area contributed by atoms with E-state index < -0.39 is 0 Å². The molecule has 0 amide bonds. The van der Waals surface area contributed by atoms with Crippen molar-refractivity contribution in [2.24, 2.45) is 5.92 Å². The molecule has 0 fully saturated rings. The largest absolute Gasteiger partial charge is 0.491 e. The standard InChI is InChI=1S/C15H24BrNO/c1-11(2)7-8-17-10-13-9-14(16)5-6-15(13)18-12(3)4/h5-6,9,11-12,17H,7-8,10H2,1-4H3. The van der Waals surface area contributed by atoms with Gasteiger partial charge in [0.25, 0.3) is 0 Å². The van der Waals surface area contributed by atoms with Crippen LogP contribution in [-0.4, -0.2) is 12.6 Å². The van der Waals surface area contributed by atoms with Gasteiger partial charge in [-0.1, -0.05) is 29.8 Å². The van der Waals surface area contributed by atoms with E-state index in [9.17, 15) is 0 Å². The van der Waals surface area contributed by atoms with Crippen molar-refractivity contribution in [1.82, 2.24) is 5.32 Å². The van der Waals surface area contributed by atoms with Gasteiger partial charge in [-0.2, -0.15) is 0 Å². The van der Waals surface area contributed by atoms with Gasteiger partial charge in [0.05, 0.1) is 6.10 Å². The van der Waals surface area contributed by atoms with E-state index in [4.69, 9.17) is 4.74 Å². The molecule has 0 atom stereocenters. The second-order valence-electron chi connectivity index (χ2n) is 5.28. The van der Waals surface area contributed by atoms with E-state index in [-0.39, 0.29) is 6.10 Å². The third-order valence-corrected chi connectivity index (χ3v) is 3.09. The van der Waals surface area contributed by atoms with E-state index in [1.165, 1.54) is 12.0 Å². The summed E-state index contributed by atoms with van der Waals surface area (Å²) in [5.74, 6) is 1.72. The summed E-state index contributed by atoms with van der Waals surface area (Å²) in [4.78, 5) is 0. The molecule has 18 heavy (non-hydrogen) atoms. The van der Waals surface area contributed by atoms with Gasteiger partial charge in [0.15, 0.2) is 0 Å². The van der Waals surface area contributed by atoms with Crippen LogP contribution >= 0.6 is 15.9 Å². The summed E-state index contributed by atoms with van der Waals surface area (Å²) in [5.41, 5.74) is 1.21. The number of nitrogens with one attached hydrogen (secondary N) is 1. The Hall–Kier alpha value is -0.540. The lowest BCUT2D eigenvalue weighted by molar-refractivity contribution is 0.239. The van der Waals surface area contributed by atoms with Gasteiger partial charge in [0.1, 0.15) is 5.75 Å². The molecule has 0 spiro atoms. The third kappa shape index (κ3) is 5.87. The second-order valence-corrected chi connectivity index (χ2v) is 6.19. The van der Waals surface area contributed by atoms with Gasteiger partial charge in [-0.3, -0.25) is 0 Å². The van der Waals surface area contributed by atoms with Crippen molar-refractivity contribution in [3.05, 3.63) is 28.2 Å². The Morgan fingerprint density at radius 1 is 1.22 bits per heavy atom. The molecule has 1 aromatic carbocycles. The van der Waals surface area contributed by atoms with Crippen molar-refractivity contribution in [2.45, 2.75) is 46.8 Å². The number of benzene rings is 1. The number of rotatable bonds is 7. The van der Waals surface area contributed by atoms with E-state index in [0.717, 1.165) is 29.2 Å². The second kappa shape index (κ2) is 7.80. The zero-order chi connectivity index (χ0) is 13.5. The zero-order valence-electron chi connectivity index (χ0n) is 11.8. The molecule has 0 saturated carbocycles. The molecule has 1 rings (SSSR count). The fourth-order valence-corrected chi connectivity index (χ4v) is 2.08. The van der Waals surface area contributed by atoms with Crippen LogP contribution < -0.4 is 10.1 Å². The Bertz CT molecular complexity index is 364. The lowest BCUT2D eigenvalue weighted by Gasteiger charge is -2.15. The average molecular weight is 314 g/mol. The van der Waals surface area contributed by atoms with Gasteiger partial charge in [-0.15, -0.1) is 0 Å². The summed E-state index contributed by atoms with van der Waals surface area (Å²) >= 11 is 3.51. The van der Waals surface area contributed by atoms with Gasteiger partial charge in [0.2, 0.25) is 0 Å². The molecule has 0 bridgehead atoms. The van der Waals surface area contributed by atoms with Crippen LogP contribution in [0.15, 0.2) is 22.7 Å².